The summed E-state index contributed by atoms with van der Waals surface area (Å²) >= 11 is 0. The molecule has 1 aromatic carbocycles. The number of hydrogen-bond donors (Lipinski definition) is 2. The van der Waals surface area contributed by atoms with Crippen molar-refractivity contribution >= 4 is 17.6 Å². The van der Waals surface area contributed by atoms with Crippen LogP contribution in [0, 0.1) is 17.7 Å². The lowest BCUT2D eigenvalue weighted by molar-refractivity contribution is -0.119. The molecule has 0 aromatic heterocycles. The first-order valence-electron chi connectivity index (χ1n) is 10.3. The average Bonchev–Trinajstić information content (AvgIpc) is 3.11. The molecule has 3 rings (SSSR count). The Balaban J connectivity index is 1.65. The largest absolute Gasteiger partial charge is 0.456 e. The quantitative estimate of drug-likeness (QED) is 0.753. The molecule has 154 valence electrons. The summed E-state index contributed by atoms with van der Waals surface area (Å²) in [7, 11) is 0. The van der Waals surface area contributed by atoms with Crippen molar-refractivity contribution < 1.29 is 18.7 Å². The second-order valence-corrected chi connectivity index (χ2v) is 8.97. The number of ether oxygens (including phenoxy) is 1. The van der Waals surface area contributed by atoms with Gasteiger partial charge in [0, 0.05) is 5.69 Å². The first-order valence-corrected chi connectivity index (χ1v) is 10.3. The molecule has 0 spiro atoms. The first-order chi connectivity index (χ1) is 13.2. The van der Waals surface area contributed by atoms with Gasteiger partial charge in [-0.1, -0.05) is 32.1 Å². The third-order valence-electron chi connectivity index (χ3n) is 5.66. The fourth-order valence-electron chi connectivity index (χ4n) is 4.39. The summed E-state index contributed by atoms with van der Waals surface area (Å²) in [6.07, 6.45) is 7.16. The van der Waals surface area contributed by atoms with Gasteiger partial charge < -0.3 is 15.4 Å². The zero-order chi connectivity index (χ0) is 20.3. The fraction of sp³-hybridized carbons (Fsp3) is 0.636. The topological polar surface area (TPSA) is 67.4 Å². The van der Waals surface area contributed by atoms with E-state index in [1.165, 1.54) is 44.2 Å². The van der Waals surface area contributed by atoms with Gasteiger partial charge in [0.05, 0.1) is 11.6 Å². The lowest BCUT2D eigenvalue weighted by Gasteiger charge is -2.30. The first kappa shape index (κ1) is 20.8. The van der Waals surface area contributed by atoms with Crippen molar-refractivity contribution in [1.82, 2.24) is 5.32 Å². The molecule has 0 radical (unpaired) electrons. The number of carbonyl (C=O) groups excluding carboxylic acids is 2. The van der Waals surface area contributed by atoms with Crippen LogP contribution in [0.25, 0.3) is 0 Å². The van der Waals surface area contributed by atoms with Crippen molar-refractivity contribution in [3.63, 3.8) is 0 Å². The molecule has 1 saturated heterocycles. The Hall–Kier alpha value is -1.95. The predicted molar refractivity (Wildman–Crippen MR) is 107 cm³/mol. The smallest absolute Gasteiger partial charge is 0.341 e. The maximum atomic E-state index is 14.4. The third kappa shape index (κ3) is 5.10. The van der Waals surface area contributed by atoms with E-state index in [1.54, 1.807) is 26.8 Å². The second-order valence-electron chi connectivity index (χ2n) is 8.97. The van der Waals surface area contributed by atoms with E-state index in [9.17, 15) is 14.0 Å². The summed E-state index contributed by atoms with van der Waals surface area (Å²) < 4.78 is 19.6. The van der Waals surface area contributed by atoms with Crippen LogP contribution in [-0.2, 0) is 9.53 Å². The molecule has 2 aliphatic rings. The average molecular weight is 390 g/mol. The lowest BCUT2D eigenvalue weighted by atomic mass is 9.76. The van der Waals surface area contributed by atoms with Crippen molar-refractivity contribution in [3.05, 3.63) is 29.6 Å². The van der Waals surface area contributed by atoms with Crippen LogP contribution in [-0.4, -0.2) is 30.1 Å². The van der Waals surface area contributed by atoms with Crippen LogP contribution in [0.5, 0.6) is 0 Å². The molecule has 0 unspecified atom stereocenters. The number of anilines is 1. The maximum Gasteiger partial charge on any atom is 0.341 e. The molecule has 2 atom stereocenters. The molecular weight excluding hydrogens is 359 g/mol. The van der Waals surface area contributed by atoms with E-state index >= 15 is 0 Å². The molecule has 1 aliphatic carbocycles. The van der Waals surface area contributed by atoms with Crippen molar-refractivity contribution in [1.29, 1.82) is 0 Å². The molecule has 2 N–H and O–H groups in total. The number of benzene rings is 1. The van der Waals surface area contributed by atoms with Gasteiger partial charge in [-0.2, -0.15) is 0 Å². The minimum Gasteiger partial charge on any atom is -0.456 e. The highest BCUT2D eigenvalue weighted by Gasteiger charge is 2.38. The number of amides is 1. The van der Waals surface area contributed by atoms with E-state index in [2.05, 4.69) is 10.6 Å². The van der Waals surface area contributed by atoms with E-state index in [0.29, 0.717) is 17.5 Å². The van der Waals surface area contributed by atoms with E-state index < -0.39 is 17.4 Å². The number of esters is 1. The van der Waals surface area contributed by atoms with Crippen LogP contribution >= 0.6 is 0 Å². The molecule has 1 aliphatic heterocycles. The van der Waals surface area contributed by atoms with Crippen LogP contribution in [0.3, 0.4) is 0 Å². The minimum atomic E-state index is -0.710. The van der Waals surface area contributed by atoms with E-state index in [0.717, 1.165) is 13.0 Å². The van der Waals surface area contributed by atoms with Crippen molar-refractivity contribution in [2.45, 2.75) is 70.9 Å². The van der Waals surface area contributed by atoms with E-state index in [4.69, 9.17) is 4.74 Å². The van der Waals surface area contributed by atoms with Gasteiger partial charge in [0.2, 0.25) is 5.91 Å². The van der Waals surface area contributed by atoms with Crippen molar-refractivity contribution in [3.8, 4) is 0 Å². The Morgan fingerprint density at radius 1 is 1.14 bits per heavy atom. The SMILES string of the molecule is CC(C)(C)OC(=O)c1ccc(NC(=O)[C@H]2NCC[C@H]2C2CCCCC2)cc1F. The van der Waals surface area contributed by atoms with Gasteiger partial charge in [-0.05, 0) is 63.8 Å². The fourth-order valence-corrected chi connectivity index (χ4v) is 4.39. The second kappa shape index (κ2) is 8.60. The van der Waals surface area contributed by atoms with Crippen LogP contribution in [0.15, 0.2) is 18.2 Å². The molecule has 5 nitrogen and oxygen atoms in total. The van der Waals surface area contributed by atoms with Crippen molar-refractivity contribution in [2.24, 2.45) is 11.8 Å². The van der Waals surface area contributed by atoms with Crippen molar-refractivity contribution in [2.75, 3.05) is 11.9 Å². The Bertz CT molecular complexity index is 723. The van der Waals surface area contributed by atoms with Gasteiger partial charge in [-0.15, -0.1) is 0 Å². The number of rotatable bonds is 4. The summed E-state index contributed by atoms with van der Waals surface area (Å²) in [5.74, 6) is -0.609. The molecule has 28 heavy (non-hydrogen) atoms. The number of halogens is 1. The van der Waals surface area contributed by atoms with Crippen LogP contribution in [0.4, 0.5) is 10.1 Å². The highest BCUT2D eigenvalue weighted by Crippen LogP contribution is 2.36. The number of nitrogens with one attached hydrogen (secondary N) is 2. The van der Waals surface area contributed by atoms with Gasteiger partial charge in [0.1, 0.15) is 11.4 Å². The summed E-state index contributed by atoms with van der Waals surface area (Å²) in [6, 6.07) is 3.85. The molecule has 0 bridgehead atoms. The standard InChI is InChI=1S/C22H31FN2O3/c1-22(2,3)28-21(27)17-10-9-15(13-18(17)23)25-20(26)19-16(11-12-24-19)14-7-5-4-6-8-14/h9-10,13-14,16,19,24H,4-8,11-12H2,1-3H3,(H,25,26)/t16-,19-/m0/s1. The molecule has 1 aromatic rings. The van der Waals surface area contributed by atoms with Crippen LogP contribution < -0.4 is 10.6 Å². The predicted octanol–water partition coefficient (Wildman–Crippen LogP) is 4.28. The van der Waals surface area contributed by atoms with E-state index in [1.807, 2.05) is 0 Å². The normalized spacial score (nSPS) is 23.4. The maximum absolute atomic E-state index is 14.4. The Morgan fingerprint density at radius 3 is 2.50 bits per heavy atom. The van der Waals surface area contributed by atoms with Gasteiger partial charge in [0.15, 0.2) is 0 Å². The summed E-state index contributed by atoms with van der Waals surface area (Å²) in [4.78, 5) is 24.9. The zero-order valence-corrected chi connectivity index (χ0v) is 17.0. The highest BCUT2D eigenvalue weighted by atomic mass is 19.1. The highest BCUT2D eigenvalue weighted by molar-refractivity contribution is 5.96. The summed E-state index contributed by atoms with van der Waals surface area (Å²) in [5.41, 5.74) is -0.475. The molecule has 1 amide bonds. The molecular formula is C22H31FN2O3. The van der Waals surface area contributed by atoms with Crippen LogP contribution in [0.1, 0.15) is 69.7 Å². The Labute approximate surface area is 166 Å². The molecule has 1 heterocycles. The summed E-state index contributed by atoms with van der Waals surface area (Å²) in [6.45, 7) is 6.03. The third-order valence-corrected chi connectivity index (χ3v) is 5.66. The monoisotopic (exact) mass is 390 g/mol. The van der Waals surface area contributed by atoms with Gasteiger partial charge in [-0.3, -0.25) is 4.79 Å². The van der Waals surface area contributed by atoms with Gasteiger partial charge >= 0.3 is 5.97 Å². The Morgan fingerprint density at radius 2 is 1.86 bits per heavy atom. The minimum absolute atomic E-state index is 0.127. The molecule has 1 saturated carbocycles. The zero-order valence-electron chi connectivity index (χ0n) is 17.0. The van der Waals surface area contributed by atoms with E-state index in [-0.39, 0.29) is 17.5 Å². The number of carbonyl (C=O) groups is 2. The van der Waals surface area contributed by atoms with Gasteiger partial charge in [-0.25, -0.2) is 9.18 Å². The van der Waals surface area contributed by atoms with Crippen LogP contribution in [0.2, 0.25) is 0 Å². The molecule has 6 heteroatoms. The summed E-state index contributed by atoms with van der Waals surface area (Å²) in [5, 5.41) is 6.13. The van der Waals surface area contributed by atoms with Gasteiger partial charge in [0.25, 0.3) is 0 Å². The lowest BCUT2D eigenvalue weighted by Crippen LogP contribution is -2.42. The Kier molecular flexibility index (Phi) is 6.38. The number of hydrogen-bond acceptors (Lipinski definition) is 4. The molecule has 2 fully saturated rings.